The van der Waals surface area contributed by atoms with E-state index in [-0.39, 0.29) is 48.7 Å². The average molecular weight is 610 g/mol. The number of nitrogens with one attached hydrogen (secondary N) is 3. The molecule has 4 amide bonds. The van der Waals surface area contributed by atoms with E-state index < -0.39 is 18.1 Å². The molecule has 9 nitrogen and oxygen atoms in total. The predicted molar refractivity (Wildman–Crippen MR) is 173 cm³/mol. The molecule has 236 valence electrons. The molecule has 2 fully saturated rings. The fourth-order valence-electron chi connectivity index (χ4n) is 6.38. The number of carbonyl (C=O) groups is 4. The number of carbonyl (C=O) groups excluding carboxylic acids is 4. The highest BCUT2D eigenvalue weighted by atomic mass is 16.2. The molecule has 2 heterocycles. The Kier molecular flexibility index (Phi) is 10.6. The molecule has 0 bridgehead atoms. The van der Waals surface area contributed by atoms with E-state index in [0.29, 0.717) is 32.2 Å². The third-order valence-electron chi connectivity index (χ3n) is 8.97. The summed E-state index contributed by atoms with van der Waals surface area (Å²) in [5.74, 6) is -0.992. The average Bonchev–Trinajstić information content (AvgIpc) is 3.52. The van der Waals surface area contributed by atoms with Crippen LogP contribution in [-0.4, -0.2) is 77.7 Å². The molecular formula is C36H43N5O4. The molecule has 3 aromatic rings. The highest BCUT2D eigenvalue weighted by Crippen LogP contribution is 2.31. The van der Waals surface area contributed by atoms with Crippen molar-refractivity contribution in [3.63, 3.8) is 0 Å². The Hall–Kier alpha value is -4.50. The standard InChI is InChI=1S/C36H43N5O4/c1-25(37-2)34(43)38-30-24-40(32(42)23-26-13-6-3-7-14-26)22-12-19-29-20-21-31(41(29)36(30)45)35(44)39-33(27-15-8-4-9-16-27)28-17-10-5-11-18-28/h3-11,13-18,25,29-31,33,37H,12,19-24H2,1-2H3,(H,38,43)(H,39,44)/t25-,29-,30-,31-/m0/s1. The number of amides is 4. The van der Waals surface area contributed by atoms with Crippen LogP contribution >= 0.6 is 0 Å². The zero-order valence-corrected chi connectivity index (χ0v) is 26.0. The molecule has 0 unspecified atom stereocenters. The molecule has 2 aliphatic heterocycles. The van der Waals surface area contributed by atoms with Crippen LogP contribution in [0.2, 0.25) is 0 Å². The van der Waals surface area contributed by atoms with Crippen molar-refractivity contribution in [1.82, 2.24) is 25.8 Å². The zero-order chi connectivity index (χ0) is 31.8. The monoisotopic (exact) mass is 609 g/mol. The summed E-state index contributed by atoms with van der Waals surface area (Å²) in [6.07, 6.45) is 2.77. The number of likely N-dealkylation sites (N-methyl/N-ethyl adjacent to an activating group) is 1. The summed E-state index contributed by atoms with van der Waals surface area (Å²) in [5.41, 5.74) is 2.78. The Balaban J connectivity index is 1.40. The van der Waals surface area contributed by atoms with Crippen molar-refractivity contribution in [2.45, 2.75) is 69.2 Å². The second-order valence-electron chi connectivity index (χ2n) is 12.0. The van der Waals surface area contributed by atoms with Gasteiger partial charge in [-0.05, 0) is 56.3 Å². The molecule has 0 aliphatic carbocycles. The van der Waals surface area contributed by atoms with Gasteiger partial charge >= 0.3 is 0 Å². The largest absolute Gasteiger partial charge is 0.343 e. The van der Waals surface area contributed by atoms with Crippen LogP contribution in [0, 0.1) is 0 Å². The van der Waals surface area contributed by atoms with Crippen molar-refractivity contribution in [2.24, 2.45) is 0 Å². The maximum Gasteiger partial charge on any atom is 0.247 e. The van der Waals surface area contributed by atoms with E-state index in [4.69, 9.17) is 0 Å². The van der Waals surface area contributed by atoms with E-state index in [9.17, 15) is 19.2 Å². The number of hydrogen-bond acceptors (Lipinski definition) is 5. The molecule has 3 N–H and O–H groups in total. The summed E-state index contributed by atoms with van der Waals surface area (Å²) in [7, 11) is 1.68. The van der Waals surface area contributed by atoms with Gasteiger partial charge in [-0.2, -0.15) is 0 Å². The minimum atomic E-state index is -0.985. The summed E-state index contributed by atoms with van der Waals surface area (Å²) in [4.78, 5) is 58.5. The topological polar surface area (TPSA) is 111 Å². The molecule has 5 rings (SSSR count). The van der Waals surface area contributed by atoms with Gasteiger partial charge in [-0.25, -0.2) is 0 Å². The van der Waals surface area contributed by atoms with Crippen LogP contribution < -0.4 is 16.0 Å². The number of rotatable bonds is 9. The lowest BCUT2D eigenvalue weighted by Gasteiger charge is -2.34. The lowest BCUT2D eigenvalue weighted by atomic mass is 9.98. The SMILES string of the molecule is CN[C@@H](C)C(=O)N[C@H]1CN(C(=O)Cc2ccccc2)CCC[C@H]2CC[C@@H](C(=O)NC(c3ccccc3)c3ccccc3)N2C1=O. The van der Waals surface area contributed by atoms with Gasteiger partial charge in [0.25, 0.3) is 0 Å². The van der Waals surface area contributed by atoms with Gasteiger partial charge in [-0.1, -0.05) is 91.0 Å². The van der Waals surface area contributed by atoms with E-state index in [1.54, 1.807) is 23.8 Å². The van der Waals surface area contributed by atoms with E-state index in [0.717, 1.165) is 16.7 Å². The number of benzene rings is 3. The highest BCUT2D eigenvalue weighted by molar-refractivity contribution is 5.94. The molecule has 9 heteroatoms. The Labute approximate surface area is 265 Å². The molecule has 45 heavy (non-hydrogen) atoms. The number of hydrogen-bond donors (Lipinski definition) is 3. The number of nitrogens with zero attached hydrogens (tertiary/aromatic N) is 2. The van der Waals surface area contributed by atoms with Gasteiger partial charge in [0.15, 0.2) is 0 Å². The van der Waals surface area contributed by atoms with Crippen molar-refractivity contribution >= 4 is 23.6 Å². The third kappa shape index (κ3) is 7.78. The first-order valence-electron chi connectivity index (χ1n) is 15.9. The van der Waals surface area contributed by atoms with Crippen LogP contribution in [0.25, 0.3) is 0 Å². The highest BCUT2D eigenvalue weighted by Gasteiger charge is 2.45. The fraction of sp³-hybridized carbons (Fsp3) is 0.389. The van der Waals surface area contributed by atoms with Crippen LogP contribution in [0.1, 0.15) is 55.3 Å². The smallest absolute Gasteiger partial charge is 0.247 e. The second-order valence-corrected chi connectivity index (χ2v) is 12.0. The van der Waals surface area contributed by atoms with Crippen LogP contribution in [0.4, 0.5) is 0 Å². The summed E-state index contributed by atoms with van der Waals surface area (Å²) in [5, 5.41) is 9.07. The molecule has 0 spiro atoms. The molecule has 0 aromatic heterocycles. The molecule has 2 aliphatic rings. The van der Waals surface area contributed by atoms with Crippen LogP contribution in [-0.2, 0) is 25.6 Å². The molecule has 0 radical (unpaired) electrons. The van der Waals surface area contributed by atoms with Crippen LogP contribution in [0.15, 0.2) is 91.0 Å². The van der Waals surface area contributed by atoms with Crippen molar-refractivity contribution in [2.75, 3.05) is 20.1 Å². The first kappa shape index (κ1) is 31.9. The Bertz CT molecular complexity index is 1410. The minimum Gasteiger partial charge on any atom is -0.343 e. The van der Waals surface area contributed by atoms with E-state index in [1.807, 2.05) is 91.0 Å². The normalized spacial score (nSPS) is 20.9. The van der Waals surface area contributed by atoms with Gasteiger partial charge in [0.05, 0.1) is 18.5 Å². The number of fused-ring (bicyclic) bond motifs is 1. The molecule has 0 saturated carbocycles. The van der Waals surface area contributed by atoms with Gasteiger partial charge in [0, 0.05) is 19.1 Å². The van der Waals surface area contributed by atoms with Crippen molar-refractivity contribution < 1.29 is 19.2 Å². The van der Waals surface area contributed by atoms with Crippen molar-refractivity contribution in [1.29, 1.82) is 0 Å². The quantitative estimate of drug-likeness (QED) is 0.345. The Morgan fingerprint density at radius 2 is 1.44 bits per heavy atom. The molecule has 2 saturated heterocycles. The van der Waals surface area contributed by atoms with E-state index in [2.05, 4.69) is 16.0 Å². The van der Waals surface area contributed by atoms with Gasteiger partial charge < -0.3 is 25.8 Å². The second kappa shape index (κ2) is 15.0. The Morgan fingerprint density at radius 1 is 0.844 bits per heavy atom. The Morgan fingerprint density at radius 3 is 2.04 bits per heavy atom. The third-order valence-corrected chi connectivity index (χ3v) is 8.97. The lowest BCUT2D eigenvalue weighted by Crippen LogP contribution is -2.60. The first-order valence-corrected chi connectivity index (χ1v) is 15.9. The minimum absolute atomic E-state index is 0.0425. The maximum absolute atomic E-state index is 14.4. The summed E-state index contributed by atoms with van der Waals surface area (Å²) < 4.78 is 0. The van der Waals surface area contributed by atoms with Crippen molar-refractivity contribution in [3.8, 4) is 0 Å². The molecule has 4 atom stereocenters. The van der Waals surface area contributed by atoms with E-state index in [1.165, 1.54) is 0 Å². The predicted octanol–water partition coefficient (Wildman–Crippen LogP) is 3.21. The first-order chi connectivity index (χ1) is 21.9. The lowest BCUT2D eigenvalue weighted by molar-refractivity contribution is -0.144. The summed E-state index contributed by atoms with van der Waals surface area (Å²) in [6, 6.07) is 26.3. The van der Waals surface area contributed by atoms with Gasteiger partial charge in [0.1, 0.15) is 12.1 Å². The van der Waals surface area contributed by atoms with Crippen LogP contribution in [0.3, 0.4) is 0 Å². The summed E-state index contributed by atoms with van der Waals surface area (Å²) in [6.45, 7) is 2.23. The van der Waals surface area contributed by atoms with E-state index >= 15 is 0 Å². The maximum atomic E-state index is 14.4. The molecular weight excluding hydrogens is 566 g/mol. The van der Waals surface area contributed by atoms with Crippen LogP contribution in [0.5, 0.6) is 0 Å². The van der Waals surface area contributed by atoms with Gasteiger partial charge in [0.2, 0.25) is 23.6 Å². The van der Waals surface area contributed by atoms with Gasteiger partial charge in [-0.3, -0.25) is 19.2 Å². The molecule has 3 aromatic carbocycles. The van der Waals surface area contributed by atoms with Gasteiger partial charge in [-0.15, -0.1) is 0 Å². The zero-order valence-electron chi connectivity index (χ0n) is 26.0. The van der Waals surface area contributed by atoms with Crippen molar-refractivity contribution in [3.05, 3.63) is 108 Å². The fourth-order valence-corrected chi connectivity index (χ4v) is 6.38. The summed E-state index contributed by atoms with van der Waals surface area (Å²) >= 11 is 0.